The minimum absolute atomic E-state index is 0.244. The minimum atomic E-state index is -0.244. The number of fused-ring (bicyclic) bond motifs is 1. The number of pyridine rings is 1. The smallest absolute Gasteiger partial charge is 0.348 e. The van der Waals surface area contributed by atoms with Gasteiger partial charge >= 0.3 is 5.97 Å². The molecule has 0 bridgehead atoms. The van der Waals surface area contributed by atoms with Gasteiger partial charge in [-0.2, -0.15) is 0 Å². The number of hydrogen-bond acceptors (Lipinski definition) is 4. The Bertz CT molecular complexity index is 538. The Morgan fingerprint density at radius 2 is 2.35 bits per heavy atom. The first kappa shape index (κ1) is 12.5. The topological polar surface area (TPSA) is 39.2 Å². The van der Waals surface area contributed by atoms with E-state index in [0.29, 0.717) is 11.5 Å². The van der Waals surface area contributed by atoms with Crippen molar-refractivity contribution in [3.8, 4) is 0 Å². The minimum Gasteiger partial charge on any atom is -0.462 e. The zero-order chi connectivity index (χ0) is 12.3. The lowest BCUT2D eigenvalue weighted by Gasteiger charge is -2.00. The van der Waals surface area contributed by atoms with Crippen molar-refractivity contribution < 1.29 is 9.53 Å². The molecule has 2 rings (SSSR count). The number of rotatable bonds is 4. The van der Waals surface area contributed by atoms with Gasteiger partial charge in [0.15, 0.2) is 0 Å². The van der Waals surface area contributed by atoms with Crippen molar-refractivity contribution in [2.24, 2.45) is 0 Å². The van der Waals surface area contributed by atoms with E-state index in [2.05, 4.69) is 27.8 Å². The van der Waals surface area contributed by atoms with E-state index in [9.17, 15) is 4.79 Å². The molecular formula is C12H12BrNO2S. The van der Waals surface area contributed by atoms with E-state index in [-0.39, 0.29) is 5.97 Å². The second-order valence-corrected chi connectivity index (χ2v) is 5.57. The Hall–Kier alpha value is -0.940. The third-order valence-corrected chi connectivity index (χ3v) is 4.01. The van der Waals surface area contributed by atoms with E-state index in [0.717, 1.165) is 27.4 Å². The fraction of sp³-hybridized carbons (Fsp3) is 0.333. The maximum absolute atomic E-state index is 11.8. The number of ether oxygens (including phenoxy) is 1. The summed E-state index contributed by atoms with van der Waals surface area (Å²) in [6.07, 6.45) is 5.41. The molecule has 5 heteroatoms. The number of halogens is 1. The molecule has 2 aromatic rings. The third-order valence-electron chi connectivity index (χ3n) is 2.33. The summed E-state index contributed by atoms with van der Waals surface area (Å²) in [4.78, 5) is 16.5. The monoisotopic (exact) mass is 313 g/mol. The van der Waals surface area contributed by atoms with Gasteiger partial charge in [0.05, 0.1) is 11.3 Å². The van der Waals surface area contributed by atoms with Gasteiger partial charge in [0.2, 0.25) is 0 Å². The van der Waals surface area contributed by atoms with Crippen LogP contribution < -0.4 is 0 Å². The first-order valence-corrected chi connectivity index (χ1v) is 7.03. The third kappa shape index (κ3) is 2.84. The van der Waals surface area contributed by atoms with Crippen molar-refractivity contribution in [2.75, 3.05) is 6.61 Å². The van der Waals surface area contributed by atoms with E-state index in [1.165, 1.54) is 11.3 Å². The number of hydrogen-bond donors (Lipinski definition) is 0. The molecular weight excluding hydrogens is 302 g/mol. The molecule has 0 amide bonds. The molecule has 0 radical (unpaired) electrons. The largest absolute Gasteiger partial charge is 0.462 e. The van der Waals surface area contributed by atoms with Crippen LogP contribution in [0.4, 0.5) is 0 Å². The highest BCUT2D eigenvalue weighted by atomic mass is 79.9. The van der Waals surface area contributed by atoms with Gasteiger partial charge in [-0.05, 0) is 28.4 Å². The van der Waals surface area contributed by atoms with Gasteiger partial charge in [0.25, 0.3) is 0 Å². The molecule has 0 fully saturated rings. The average Bonchev–Trinajstić information content (AvgIpc) is 2.75. The number of thiophene rings is 1. The number of unbranched alkanes of at least 4 members (excludes halogenated alkanes) is 1. The van der Waals surface area contributed by atoms with Gasteiger partial charge in [0, 0.05) is 22.3 Å². The summed E-state index contributed by atoms with van der Waals surface area (Å²) in [5, 5.41) is 1.01. The summed E-state index contributed by atoms with van der Waals surface area (Å²) in [5.41, 5.74) is 0. The summed E-state index contributed by atoms with van der Waals surface area (Å²) in [6, 6.07) is 1.85. The van der Waals surface area contributed by atoms with Crippen LogP contribution in [-0.4, -0.2) is 17.6 Å². The van der Waals surface area contributed by atoms with E-state index in [1.54, 1.807) is 12.4 Å². The van der Waals surface area contributed by atoms with Crippen LogP contribution in [0.15, 0.2) is 22.9 Å². The molecule has 0 aliphatic carbocycles. The first-order valence-electron chi connectivity index (χ1n) is 5.42. The van der Waals surface area contributed by atoms with E-state index >= 15 is 0 Å². The number of carbonyl (C=O) groups excluding carboxylic acids is 1. The Balaban J connectivity index is 2.19. The Labute approximate surface area is 112 Å². The van der Waals surface area contributed by atoms with Crippen molar-refractivity contribution in [1.29, 1.82) is 0 Å². The van der Waals surface area contributed by atoms with Gasteiger partial charge in [0.1, 0.15) is 4.88 Å². The highest BCUT2D eigenvalue weighted by Gasteiger charge is 2.12. The first-order chi connectivity index (χ1) is 8.22. The molecule has 17 heavy (non-hydrogen) atoms. The summed E-state index contributed by atoms with van der Waals surface area (Å²) in [5.74, 6) is -0.244. The molecule has 0 saturated carbocycles. The van der Waals surface area contributed by atoms with Crippen LogP contribution in [0.1, 0.15) is 29.4 Å². The standard InChI is InChI=1S/C12H12BrNO2S/c1-2-3-4-16-12(15)10-5-8-9(13)6-14-7-11(8)17-10/h5-7H,2-4H2,1H3. The Morgan fingerprint density at radius 1 is 1.53 bits per heavy atom. The summed E-state index contributed by atoms with van der Waals surface area (Å²) >= 11 is 4.83. The maximum Gasteiger partial charge on any atom is 0.348 e. The van der Waals surface area contributed by atoms with E-state index < -0.39 is 0 Å². The molecule has 0 atom stereocenters. The highest BCUT2D eigenvalue weighted by molar-refractivity contribution is 9.10. The zero-order valence-corrected chi connectivity index (χ0v) is 11.8. The Morgan fingerprint density at radius 3 is 3.06 bits per heavy atom. The molecule has 90 valence electrons. The number of nitrogens with zero attached hydrogens (tertiary/aromatic N) is 1. The molecule has 0 unspecified atom stereocenters. The molecule has 2 heterocycles. The highest BCUT2D eigenvalue weighted by Crippen LogP contribution is 2.30. The zero-order valence-electron chi connectivity index (χ0n) is 9.40. The molecule has 0 N–H and O–H groups in total. The van der Waals surface area contributed by atoms with Gasteiger partial charge in [-0.1, -0.05) is 13.3 Å². The number of esters is 1. The van der Waals surface area contributed by atoms with Crippen LogP contribution in [-0.2, 0) is 4.74 Å². The summed E-state index contributed by atoms with van der Waals surface area (Å²) < 4.78 is 7.06. The van der Waals surface area contributed by atoms with Crippen molar-refractivity contribution in [1.82, 2.24) is 4.98 Å². The van der Waals surface area contributed by atoms with Crippen LogP contribution in [0.2, 0.25) is 0 Å². The SMILES string of the molecule is CCCCOC(=O)c1cc2c(Br)cncc2s1. The van der Waals surface area contributed by atoms with Crippen molar-refractivity contribution in [3.05, 3.63) is 27.8 Å². The molecule has 0 aliphatic heterocycles. The van der Waals surface area contributed by atoms with Gasteiger partial charge in [-0.3, -0.25) is 4.98 Å². The Kier molecular flexibility index (Phi) is 4.12. The summed E-state index contributed by atoms with van der Waals surface area (Å²) in [6.45, 7) is 2.55. The van der Waals surface area contributed by atoms with E-state index in [1.807, 2.05) is 6.07 Å². The maximum atomic E-state index is 11.8. The summed E-state index contributed by atoms with van der Waals surface area (Å²) in [7, 11) is 0. The predicted molar refractivity (Wildman–Crippen MR) is 72.5 cm³/mol. The van der Waals surface area contributed by atoms with Crippen LogP contribution in [0.3, 0.4) is 0 Å². The van der Waals surface area contributed by atoms with Gasteiger partial charge in [-0.25, -0.2) is 4.79 Å². The molecule has 0 aromatic carbocycles. The molecule has 0 saturated heterocycles. The normalized spacial score (nSPS) is 10.7. The lowest BCUT2D eigenvalue weighted by atomic mass is 10.3. The lowest BCUT2D eigenvalue weighted by molar-refractivity contribution is 0.0505. The second kappa shape index (κ2) is 5.60. The van der Waals surface area contributed by atoms with E-state index in [4.69, 9.17) is 4.74 Å². The van der Waals surface area contributed by atoms with Gasteiger partial charge < -0.3 is 4.74 Å². The quantitative estimate of drug-likeness (QED) is 0.632. The molecule has 2 aromatic heterocycles. The molecule has 3 nitrogen and oxygen atoms in total. The van der Waals surface area contributed by atoms with Crippen LogP contribution in [0, 0.1) is 0 Å². The van der Waals surface area contributed by atoms with Crippen LogP contribution in [0.25, 0.3) is 10.1 Å². The van der Waals surface area contributed by atoms with Crippen molar-refractivity contribution in [3.63, 3.8) is 0 Å². The fourth-order valence-corrected chi connectivity index (χ4v) is 2.93. The van der Waals surface area contributed by atoms with Crippen LogP contribution >= 0.6 is 27.3 Å². The van der Waals surface area contributed by atoms with Crippen LogP contribution in [0.5, 0.6) is 0 Å². The average molecular weight is 314 g/mol. The predicted octanol–water partition coefficient (Wildman–Crippen LogP) is 4.02. The molecule has 0 spiro atoms. The molecule has 0 aliphatic rings. The van der Waals surface area contributed by atoms with Crippen molar-refractivity contribution >= 4 is 43.3 Å². The van der Waals surface area contributed by atoms with Gasteiger partial charge in [-0.15, -0.1) is 11.3 Å². The number of carbonyl (C=O) groups is 1. The van der Waals surface area contributed by atoms with Crippen molar-refractivity contribution in [2.45, 2.75) is 19.8 Å². The lowest BCUT2D eigenvalue weighted by Crippen LogP contribution is -2.03. The second-order valence-electron chi connectivity index (χ2n) is 3.63. The fourth-order valence-electron chi connectivity index (χ4n) is 1.41. The number of aromatic nitrogens is 1.